The average Bonchev–Trinajstić information content (AvgIpc) is 3.28. The smallest absolute Gasteiger partial charge is 0.243 e. The molecule has 9 nitrogen and oxygen atoms in total. The number of amides is 4. The molecule has 0 aromatic rings. The van der Waals surface area contributed by atoms with E-state index in [1.165, 1.54) is 116 Å². The number of likely N-dealkylation sites (N-methyl/N-ethyl adjacent to an activating group) is 1. The fraction of sp³-hybridized carbons (Fsp3) is 0.860. The molecule has 0 spiro atoms. The van der Waals surface area contributed by atoms with Crippen LogP contribution in [0.1, 0.15) is 248 Å². The molecule has 0 aliphatic rings. The summed E-state index contributed by atoms with van der Waals surface area (Å²) in [4.78, 5) is 59.9. The normalized spacial score (nSPS) is 12.8. The van der Waals surface area contributed by atoms with Crippen molar-refractivity contribution in [2.45, 2.75) is 260 Å². The number of nitrogens with one attached hydrogen (secondary N) is 2. The third-order valence-corrected chi connectivity index (χ3v) is 12.9. The summed E-state index contributed by atoms with van der Waals surface area (Å²) in [6, 6.07) is -0.993. The molecule has 0 rings (SSSR count). The number of unbranched alkanes of at least 4 members (excludes halogenated alkanes) is 22. The largest absolute Gasteiger partial charge is 0.353 e. The van der Waals surface area contributed by atoms with Gasteiger partial charge in [-0.3, -0.25) is 19.2 Å². The molecule has 0 aliphatic carbocycles. The molecule has 0 saturated heterocycles. The molecular weight excluding hydrogens is 819 g/mol. The summed E-state index contributed by atoms with van der Waals surface area (Å²) in [5.41, 5.74) is 0. The number of carbonyl (C=O) groups is 4. The highest BCUT2D eigenvalue weighted by atomic mass is 16.2. The van der Waals surface area contributed by atoms with Crippen LogP contribution >= 0.6 is 0 Å². The number of carbonyl (C=O) groups excluding carboxylic acids is 4. The van der Waals surface area contributed by atoms with E-state index in [-0.39, 0.29) is 35.5 Å². The van der Waals surface area contributed by atoms with Gasteiger partial charge in [0.05, 0.1) is 0 Å². The van der Waals surface area contributed by atoms with E-state index in [9.17, 15) is 19.2 Å². The third kappa shape index (κ3) is 33.7. The molecule has 0 aliphatic heterocycles. The van der Waals surface area contributed by atoms with Crippen molar-refractivity contribution in [1.29, 1.82) is 0 Å². The first kappa shape index (κ1) is 63.3. The maximum Gasteiger partial charge on any atom is 0.243 e. The molecule has 66 heavy (non-hydrogen) atoms. The maximum atomic E-state index is 13.6. The molecule has 0 heterocycles. The van der Waals surface area contributed by atoms with Gasteiger partial charge >= 0.3 is 0 Å². The molecular formula is C57H109N5O4. The molecule has 0 aromatic heterocycles. The van der Waals surface area contributed by atoms with Crippen LogP contribution in [-0.2, 0) is 19.2 Å². The van der Waals surface area contributed by atoms with E-state index < -0.39 is 12.1 Å². The van der Waals surface area contributed by atoms with Crippen molar-refractivity contribution in [2.24, 2.45) is 11.8 Å². The second-order valence-electron chi connectivity index (χ2n) is 20.1. The Morgan fingerprint density at radius 3 is 0.970 bits per heavy atom. The van der Waals surface area contributed by atoms with Crippen molar-refractivity contribution in [3.63, 3.8) is 0 Å². The Morgan fingerprint density at radius 2 is 0.682 bits per heavy atom. The predicted molar refractivity (Wildman–Crippen MR) is 284 cm³/mol. The molecule has 0 fully saturated rings. The van der Waals surface area contributed by atoms with Crippen molar-refractivity contribution >= 4 is 23.6 Å². The Hall–Kier alpha value is -2.68. The van der Waals surface area contributed by atoms with E-state index in [1.54, 1.807) is 0 Å². The third-order valence-electron chi connectivity index (χ3n) is 12.9. The van der Waals surface area contributed by atoms with Crippen LogP contribution in [0.5, 0.6) is 0 Å². The van der Waals surface area contributed by atoms with Gasteiger partial charge in [0.15, 0.2) is 0 Å². The maximum absolute atomic E-state index is 13.6. The Bertz CT molecular complexity index is 1140. The van der Waals surface area contributed by atoms with Gasteiger partial charge in [-0.25, -0.2) is 0 Å². The van der Waals surface area contributed by atoms with Crippen LogP contribution in [0.4, 0.5) is 0 Å². The van der Waals surface area contributed by atoms with Crippen molar-refractivity contribution in [3.05, 3.63) is 24.3 Å². The number of hydrogen-bond donors (Lipinski definition) is 2. The highest BCUT2D eigenvalue weighted by Gasteiger charge is 2.33. The first-order valence-corrected chi connectivity index (χ1v) is 28.1. The summed E-state index contributed by atoms with van der Waals surface area (Å²) >= 11 is 0. The molecule has 0 radical (unpaired) electrons. The van der Waals surface area contributed by atoms with Gasteiger partial charge in [0.25, 0.3) is 0 Å². The Morgan fingerprint density at radius 1 is 0.394 bits per heavy atom. The monoisotopic (exact) mass is 928 g/mol. The van der Waals surface area contributed by atoms with Crippen molar-refractivity contribution in [3.8, 4) is 0 Å². The van der Waals surface area contributed by atoms with Gasteiger partial charge in [0, 0.05) is 52.1 Å². The van der Waals surface area contributed by atoms with Crippen LogP contribution in [0.2, 0.25) is 0 Å². The van der Waals surface area contributed by atoms with Gasteiger partial charge in [-0.15, -0.1) is 0 Å². The standard InChI is InChI=1S/C57H109N5O4/c1-10-14-16-18-20-22-24-26-28-30-32-34-36-38-40-42-52(63)61(46-12-3)54(50(5)6)56(65)58-44-48-60(9)49-45-59-57(66)55(51(7)8)62(47-13-4)53(64)43-41-39-37-35-33-31-29-27-25-23-21-19-17-15-11-2/h26-29,50-51,54-55H,10-25,30-49H2,1-9H3,(H,58,65)(H,59,66)/b28-26-,29-27-. The van der Waals surface area contributed by atoms with Crippen molar-refractivity contribution in [2.75, 3.05) is 46.3 Å². The van der Waals surface area contributed by atoms with Gasteiger partial charge in [-0.05, 0) is 95.9 Å². The number of rotatable bonds is 46. The molecule has 2 atom stereocenters. The van der Waals surface area contributed by atoms with Crippen molar-refractivity contribution < 1.29 is 19.2 Å². The Balaban J connectivity index is 4.66. The minimum atomic E-state index is -0.496. The summed E-state index contributed by atoms with van der Waals surface area (Å²) in [6.45, 7) is 20.1. The zero-order valence-electron chi connectivity index (χ0n) is 45.0. The second kappa shape index (κ2) is 44.8. The SMILES string of the molecule is CCCCCCCC/C=C\CCCCCCCC(=O)N(CCC)C(C(=O)NCCN(C)CCNC(=O)C(C(C)C)N(CCC)C(=O)CCCCCCC/C=C\CCCCCCCC)C(C)C. The Labute approximate surface area is 409 Å². The van der Waals surface area contributed by atoms with Crippen LogP contribution in [0, 0.1) is 11.8 Å². The molecule has 2 unspecified atom stereocenters. The lowest BCUT2D eigenvalue weighted by Gasteiger charge is -2.34. The van der Waals surface area contributed by atoms with Crippen LogP contribution in [0.25, 0.3) is 0 Å². The van der Waals surface area contributed by atoms with E-state index >= 15 is 0 Å². The molecule has 4 amide bonds. The van der Waals surface area contributed by atoms with Crippen LogP contribution < -0.4 is 10.6 Å². The van der Waals surface area contributed by atoms with Crippen LogP contribution in [0.3, 0.4) is 0 Å². The summed E-state index contributed by atoms with van der Waals surface area (Å²) in [5.74, 6) is -0.0352. The lowest BCUT2D eigenvalue weighted by atomic mass is 10.00. The fourth-order valence-electron chi connectivity index (χ4n) is 8.97. The van der Waals surface area contributed by atoms with Gasteiger partial charge < -0.3 is 25.3 Å². The molecule has 386 valence electrons. The van der Waals surface area contributed by atoms with Crippen molar-refractivity contribution in [1.82, 2.24) is 25.3 Å². The highest BCUT2D eigenvalue weighted by molar-refractivity contribution is 5.88. The lowest BCUT2D eigenvalue weighted by Crippen LogP contribution is -2.54. The molecule has 0 saturated carbocycles. The van der Waals surface area contributed by atoms with E-state index in [4.69, 9.17) is 0 Å². The summed E-state index contributed by atoms with van der Waals surface area (Å²) in [7, 11) is 1.99. The Kier molecular flexibility index (Phi) is 43.0. The van der Waals surface area contributed by atoms with E-state index in [2.05, 4.69) is 67.5 Å². The van der Waals surface area contributed by atoms with Gasteiger partial charge in [-0.1, -0.05) is 182 Å². The second-order valence-corrected chi connectivity index (χ2v) is 20.1. The zero-order chi connectivity index (χ0) is 49.0. The van der Waals surface area contributed by atoms with Gasteiger partial charge in [0.1, 0.15) is 12.1 Å². The number of hydrogen-bond acceptors (Lipinski definition) is 5. The highest BCUT2D eigenvalue weighted by Crippen LogP contribution is 2.19. The van der Waals surface area contributed by atoms with E-state index in [0.717, 1.165) is 64.2 Å². The van der Waals surface area contributed by atoms with Gasteiger partial charge in [-0.2, -0.15) is 0 Å². The van der Waals surface area contributed by atoms with E-state index in [0.29, 0.717) is 52.1 Å². The first-order chi connectivity index (χ1) is 32.0. The minimum absolute atomic E-state index is 0.00228. The predicted octanol–water partition coefficient (Wildman–Crippen LogP) is 13.8. The molecule has 0 aromatic carbocycles. The molecule has 0 bridgehead atoms. The number of nitrogens with zero attached hydrogens (tertiary/aromatic N) is 3. The quantitative estimate of drug-likeness (QED) is 0.0468. The fourth-order valence-corrected chi connectivity index (χ4v) is 8.97. The molecule has 9 heteroatoms. The first-order valence-electron chi connectivity index (χ1n) is 28.1. The summed E-state index contributed by atoms with van der Waals surface area (Å²) in [5, 5.41) is 6.24. The lowest BCUT2D eigenvalue weighted by molar-refractivity contribution is -0.142. The zero-order valence-corrected chi connectivity index (χ0v) is 45.0. The number of allylic oxidation sites excluding steroid dienone is 4. The van der Waals surface area contributed by atoms with E-state index in [1.807, 2.05) is 44.5 Å². The van der Waals surface area contributed by atoms with Crippen LogP contribution in [-0.4, -0.2) is 96.7 Å². The summed E-state index contributed by atoms with van der Waals surface area (Å²) in [6.07, 6.45) is 43.8. The van der Waals surface area contributed by atoms with Gasteiger partial charge in [0.2, 0.25) is 23.6 Å². The summed E-state index contributed by atoms with van der Waals surface area (Å²) < 4.78 is 0. The molecule has 2 N–H and O–H groups in total. The average molecular weight is 929 g/mol. The van der Waals surface area contributed by atoms with Crippen LogP contribution in [0.15, 0.2) is 24.3 Å². The minimum Gasteiger partial charge on any atom is -0.353 e. The topological polar surface area (TPSA) is 102 Å².